The van der Waals surface area contributed by atoms with Gasteiger partial charge in [0.25, 0.3) is 0 Å². The first-order valence-corrected chi connectivity index (χ1v) is 3.41. The molecule has 0 radical (unpaired) electrons. The fourth-order valence-corrected chi connectivity index (χ4v) is 0.669. The summed E-state index contributed by atoms with van der Waals surface area (Å²) >= 11 is 0. The molecule has 0 aromatic heterocycles. The number of aliphatic hydroxyl groups excluding tert-OH is 1. The lowest BCUT2D eigenvalue weighted by Gasteiger charge is -2.13. The summed E-state index contributed by atoms with van der Waals surface area (Å²) in [5, 5.41) is 12.1. The molecule has 4 heteroatoms. The number of aliphatic hydroxyl groups is 1. The molecule has 0 aliphatic heterocycles. The Bertz CT molecular complexity index is 131. The Balaban J connectivity index is 3.91. The van der Waals surface area contributed by atoms with E-state index in [2.05, 4.69) is 10.0 Å². The van der Waals surface area contributed by atoms with Crippen LogP contribution in [0.3, 0.4) is 0 Å². The van der Waals surface area contributed by atoms with E-state index in [-0.39, 0.29) is 18.6 Å². The van der Waals surface area contributed by atoms with E-state index >= 15 is 0 Å². The number of rotatable bonds is 4. The molecule has 0 rings (SSSR count). The molecule has 0 spiro atoms. The average molecular weight is 143 g/mol. The average Bonchev–Trinajstić information content (AvgIpc) is 1.99. The van der Waals surface area contributed by atoms with Gasteiger partial charge in [0, 0.05) is 4.91 Å². The number of hydrogen-bond donors (Lipinski definition) is 1. The molecule has 0 bridgehead atoms. The van der Waals surface area contributed by atoms with Gasteiger partial charge in [-0.3, -0.25) is 0 Å². The minimum absolute atomic E-state index is 0.0565. The lowest BCUT2D eigenvalue weighted by atomic mass is 10.0. The molecule has 0 heterocycles. The highest BCUT2D eigenvalue weighted by atomic mass is 16.3. The molecule has 4 nitrogen and oxygen atoms in total. The lowest BCUT2D eigenvalue weighted by Crippen LogP contribution is -2.18. The van der Waals surface area contributed by atoms with Gasteiger partial charge in [-0.2, -0.15) is 0 Å². The first-order valence-electron chi connectivity index (χ1n) is 3.41. The van der Waals surface area contributed by atoms with Gasteiger partial charge in [-0.05, 0) is 11.4 Å². The quantitative estimate of drug-likeness (QED) is 0.363. The number of hydrogen-bond acceptors (Lipinski definition) is 2. The molecular formula is C6H13N3O. The summed E-state index contributed by atoms with van der Waals surface area (Å²) in [6.07, 6.45) is 0.921. The molecule has 0 aliphatic carbocycles. The SMILES string of the molecule is CCC(C)C(CO)N=[N+]=[N-]. The minimum Gasteiger partial charge on any atom is -0.396 e. The monoisotopic (exact) mass is 143 g/mol. The van der Waals surface area contributed by atoms with Crippen LogP contribution in [0.25, 0.3) is 10.4 Å². The molecular weight excluding hydrogens is 130 g/mol. The van der Waals surface area contributed by atoms with Crippen LogP contribution in [-0.2, 0) is 0 Å². The summed E-state index contributed by atoms with van der Waals surface area (Å²) in [6.45, 7) is 3.90. The molecule has 0 saturated heterocycles. The van der Waals surface area contributed by atoms with Gasteiger partial charge >= 0.3 is 0 Å². The van der Waals surface area contributed by atoms with Crippen LogP contribution < -0.4 is 0 Å². The minimum atomic E-state index is -0.255. The van der Waals surface area contributed by atoms with Crippen LogP contribution in [0.2, 0.25) is 0 Å². The van der Waals surface area contributed by atoms with Gasteiger partial charge in [-0.1, -0.05) is 25.4 Å². The molecule has 0 aromatic carbocycles. The highest BCUT2D eigenvalue weighted by Crippen LogP contribution is 2.10. The van der Waals surface area contributed by atoms with Crippen molar-refractivity contribution in [2.75, 3.05) is 6.61 Å². The Kier molecular flexibility index (Phi) is 4.72. The fraction of sp³-hybridized carbons (Fsp3) is 1.00. The van der Waals surface area contributed by atoms with Gasteiger partial charge in [-0.15, -0.1) is 0 Å². The number of azide groups is 1. The highest BCUT2D eigenvalue weighted by molar-refractivity contribution is 4.70. The topological polar surface area (TPSA) is 69.0 Å². The maximum absolute atomic E-state index is 8.69. The summed E-state index contributed by atoms with van der Waals surface area (Å²) in [5.74, 6) is 0.265. The van der Waals surface area contributed by atoms with Crippen molar-refractivity contribution in [2.45, 2.75) is 26.3 Å². The van der Waals surface area contributed by atoms with Crippen LogP contribution in [0, 0.1) is 5.92 Å². The molecule has 2 unspecified atom stereocenters. The molecule has 0 amide bonds. The lowest BCUT2D eigenvalue weighted by molar-refractivity contribution is 0.230. The van der Waals surface area contributed by atoms with Crippen molar-refractivity contribution in [1.82, 2.24) is 0 Å². The van der Waals surface area contributed by atoms with Crippen molar-refractivity contribution >= 4 is 0 Å². The Hall–Kier alpha value is -0.730. The van der Waals surface area contributed by atoms with Crippen LogP contribution in [-0.4, -0.2) is 17.8 Å². The van der Waals surface area contributed by atoms with Crippen molar-refractivity contribution in [2.24, 2.45) is 11.0 Å². The van der Waals surface area contributed by atoms with E-state index in [1.54, 1.807) is 0 Å². The van der Waals surface area contributed by atoms with E-state index in [4.69, 9.17) is 10.6 Å². The van der Waals surface area contributed by atoms with Crippen LogP contribution in [0.15, 0.2) is 5.11 Å². The van der Waals surface area contributed by atoms with Crippen molar-refractivity contribution in [3.8, 4) is 0 Å². The van der Waals surface area contributed by atoms with Crippen molar-refractivity contribution in [1.29, 1.82) is 0 Å². The van der Waals surface area contributed by atoms with E-state index in [9.17, 15) is 0 Å². The summed E-state index contributed by atoms with van der Waals surface area (Å²) < 4.78 is 0. The molecule has 1 N–H and O–H groups in total. The summed E-state index contributed by atoms with van der Waals surface area (Å²) in [7, 11) is 0. The first-order chi connectivity index (χ1) is 4.76. The summed E-state index contributed by atoms with van der Waals surface area (Å²) in [5.41, 5.74) is 8.06. The molecule has 10 heavy (non-hydrogen) atoms. The smallest absolute Gasteiger partial charge is 0.0630 e. The second-order valence-electron chi connectivity index (χ2n) is 2.34. The molecule has 0 saturated carbocycles. The zero-order chi connectivity index (χ0) is 7.98. The summed E-state index contributed by atoms with van der Waals surface area (Å²) in [4.78, 5) is 2.64. The van der Waals surface area contributed by atoms with E-state index in [0.29, 0.717) is 0 Å². The highest BCUT2D eigenvalue weighted by Gasteiger charge is 2.11. The first kappa shape index (κ1) is 9.27. The zero-order valence-corrected chi connectivity index (χ0v) is 6.36. The molecule has 0 fully saturated rings. The van der Waals surface area contributed by atoms with Crippen LogP contribution in [0.1, 0.15) is 20.3 Å². The Morgan fingerprint density at radius 1 is 1.70 bits per heavy atom. The fourth-order valence-electron chi connectivity index (χ4n) is 0.669. The van der Waals surface area contributed by atoms with E-state index < -0.39 is 0 Å². The third-order valence-electron chi connectivity index (χ3n) is 1.69. The Morgan fingerprint density at radius 3 is 2.60 bits per heavy atom. The maximum Gasteiger partial charge on any atom is 0.0630 e. The van der Waals surface area contributed by atoms with Gasteiger partial charge < -0.3 is 5.11 Å². The van der Waals surface area contributed by atoms with Crippen molar-refractivity contribution < 1.29 is 5.11 Å². The molecule has 58 valence electrons. The largest absolute Gasteiger partial charge is 0.396 e. The molecule has 0 aromatic rings. The third kappa shape index (κ3) is 2.71. The van der Waals surface area contributed by atoms with Crippen LogP contribution in [0.5, 0.6) is 0 Å². The van der Waals surface area contributed by atoms with Gasteiger partial charge in [0.05, 0.1) is 12.6 Å². The Morgan fingerprint density at radius 2 is 2.30 bits per heavy atom. The van der Waals surface area contributed by atoms with Gasteiger partial charge in [0.2, 0.25) is 0 Å². The van der Waals surface area contributed by atoms with Gasteiger partial charge in [-0.25, -0.2) is 0 Å². The van der Waals surface area contributed by atoms with E-state index in [0.717, 1.165) is 6.42 Å². The standard InChI is InChI=1S/C6H13N3O/c1-3-5(2)6(4-10)8-9-7/h5-6,10H,3-4H2,1-2H3. The predicted octanol–water partition coefficient (Wildman–Crippen LogP) is 1.70. The zero-order valence-electron chi connectivity index (χ0n) is 6.36. The van der Waals surface area contributed by atoms with Gasteiger partial charge in [0.1, 0.15) is 0 Å². The second-order valence-corrected chi connectivity index (χ2v) is 2.34. The maximum atomic E-state index is 8.69. The number of nitrogens with zero attached hydrogens (tertiary/aromatic N) is 3. The van der Waals surface area contributed by atoms with Crippen LogP contribution >= 0.6 is 0 Å². The van der Waals surface area contributed by atoms with Crippen molar-refractivity contribution in [3.05, 3.63) is 10.4 Å². The third-order valence-corrected chi connectivity index (χ3v) is 1.69. The van der Waals surface area contributed by atoms with Crippen LogP contribution in [0.4, 0.5) is 0 Å². The van der Waals surface area contributed by atoms with E-state index in [1.807, 2.05) is 13.8 Å². The molecule has 0 aliphatic rings. The van der Waals surface area contributed by atoms with Gasteiger partial charge in [0.15, 0.2) is 0 Å². The predicted molar refractivity (Wildman–Crippen MR) is 39.5 cm³/mol. The normalized spacial score (nSPS) is 15.5. The Labute approximate surface area is 60.5 Å². The summed E-state index contributed by atoms with van der Waals surface area (Å²) in [6, 6.07) is -0.255. The van der Waals surface area contributed by atoms with Crippen molar-refractivity contribution in [3.63, 3.8) is 0 Å². The second kappa shape index (κ2) is 5.09. The van der Waals surface area contributed by atoms with E-state index in [1.165, 1.54) is 0 Å². The molecule has 2 atom stereocenters.